The van der Waals surface area contributed by atoms with E-state index in [1.807, 2.05) is 70.2 Å². The molecule has 0 aliphatic rings. The lowest BCUT2D eigenvalue weighted by atomic mass is 9.98. The van der Waals surface area contributed by atoms with Gasteiger partial charge in [-0.05, 0) is 70.2 Å². The molecule has 7 heteroatoms. The minimum absolute atomic E-state index is 0.270. The molecule has 1 unspecified atom stereocenters. The second-order valence-electron chi connectivity index (χ2n) is 9.46. The summed E-state index contributed by atoms with van der Waals surface area (Å²) in [7, 11) is 0. The van der Waals surface area contributed by atoms with Crippen molar-refractivity contribution in [2.75, 3.05) is 18.4 Å². The van der Waals surface area contributed by atoms with Gasteiger partial charge in [-0.2, -0.15) is 0 Å². The molecule has 0 aliphatic heterocycles. The Bertz CT molecular complexity index is 1010. The summed E-state index contributed by atoms with van der Waals surface area (Å²) in [6.45, 7) is 13.1. The summed E-state index contributed by atoms with van der Waals surface area (Å²) >= 11 is 0. The Kier molecular flexibility index (Phi) is 9.24. The van der Waals surface area contributed by atoms with Gasteiger partial charge in [-0.25, -0.2) is 4.79 Å². The van der Waals surface area contributed by atoms with Crippen molar-refractivity contribution in [2.45, 2.75) is 66.5 Å². The maximum atomic E-state index is 13.7. The number of carbonyl (C=O) groups is 3. The van der Waals surface area contributed by atoms with Crippen LogP contribution in [0.1, 0.15) is 62.4 Å². The summed E-state index contributed by atoms with van der Waals surface area (Å²) in [4.78, 5) is 40.6. The number of hydrogen-bond acceptors (Lipinski definition) is 4. The highest BCUT2D eigenvalue weighted by Crippen LogP contribution is 2.28. The van der Waals surface area contributed by atoms with Gasteiger partial charge in [0.25, 0.3) is 5.91 Å². The monoisotopic (exact) mass is 467 g/mol. The highest BCUT2D eigenvalue weighted by atomic mass is 16.6. The van der Waals surface area contributed by atoms with Crippen molar-refractivity contribution < 1.29 is 19.1 Å². The van der Waals surface area contributed by atoms with E-state index >= 15 is 0 Å². The minimum atomic E-state index is -0.854. The van der Waals surface area contributed by atoms with Gasteiger partial charge in [-0.1, -0.05) is 49.4 Å². The first-order valence-electron chi connectivity index (χ1n) is 11.6. The van der Waals surface area contributed by atoms with Crippen LogP contribution in [-0.2, 0) is 14.3 Å². The zero-order chi connectivity index (χ0) is 25.5. The molecule has 0 saturated heterocycles. The SMILES string of the molecule is CCCN(C(=O)CNC(=O)OC(C)(C)C)C(C(=O)Nc1c(C)cccc1C)c1ccccc1C. The number of hydrogen-bond donors (Lipinski definition) is 2. The number of benzene rings is 2. The molecule has 0 saturated carbocycles. The van der Waals surface area contributed by atoms with Crippen molar-refractivity contribution in [3.05, 3.63) is 64.7 Å². The van der Waals surface area contributed by atoms with E-state index in [9.17, 15) is 14.4 Å². The van der Waals surface area contributed by atoms with Gasteiger partial charge < -0.3 is 20.3 Å². The number of carbonyl (C=O) groups excluding carboxylic acids is 3. The van der Waals surface area contributed by atoms with Gasteiger partial charge in [0.2, 0.25) is 5.91 Å². The van der Waals surface area contributed by atoms with Crippen molar-refractivity contribution in [3.8, 4) is 0 Å². The second-order valence-corrected chi connectivity index (χ2v) is 9.46. The van der Waals surface area contributed by atoms with Crippen molar-refractivity contribution in [2.24, 2.45) is 0 Å². The first kappa shape index (κ1) is 26.9. The fourth-order valence-corrected chi connectivity index (χ4v) is 3.75. The average Bonchev–Trinajstić information content (AvgIpc) is 2.74. The Balaban J connectivity index is 2.38. The van der Waals surface area contributed by atoms with Gasteiger partial charge in [0.05, 0.1) is 0 Å². The number of amides is 3. The van der Waals surface area contributed by atoms with E-state index in [4.69, 9.17) is 4.74 Å². The molecule has 34 heavy (non-hydrogen) atoms. The molecular formula is C27H37N3O4. The van der Waals surface area contributed by atoms with Crippen LogP contribution in [0.4, 0.5) is 10.5 Å². The third-order valence-corrected chi connectivity index (χ3v) is 5.34. The molecule has 0 bridgehead atoms. The van der Waals surface area contributed by atoms with Crippen LogP contribution < -0.4 is 10.6 Å². The van der Waals surface area contributed by atoms with Crippen molar-refractivity contribution >= 4 is 23.6 Å². The number of nitrogens with one attached hydrogen (secondary N) is 2. The standard InChI is InChI=1S/C27H37N3O4/c1-8-16-30(22(31)17-28-26(33)34-27(5,6)7)24(21-15-10-9-12-18(21)2)25(32)29-23-19(3)13-11-14-20(23)4/h9-15,24H,8,16-17H2,1-7H3,(H,28,33)(H,29,32). The van der Waals surface area contributed by atoms with E-state index in [0.29, 0.717) is 13.0 Å². The van der Waals surface area contributed by atoms with Gasteiger partial charge in [0.15, 0.2) is 0 Å². The quantitative estimate of drug-likeness (QED) is 0.568. The Labute approximate surface area is 202 Å². The van der Waals surface area contributed by atoms with E-state index in [-0.39, 0.29) is 18.4 Å². The molecule has 0 heterocycles. The first-order chi connectivity index (χ1) is 15.9. The molecule has 184 valence electrons. The molecule has 2 aromatic carbocycles. The van der Waals surface area contributed by atoms with E-state index in [0.717, 1.165) is 27.9 Å². The number of ether oxygens (including phenoxy) is 1. The zero-order valence-corrected chi connectivity index (χ0v) is 21.3. The fraction of sp³-hybridized carbons (Fsp3) is 0.444. The largest absolute Gasteiger partial charge is 0.444 e. The van der Waals surface area contributed by atoms with E-state index in [1.54, 1.807) is 20.8 Å². The molecular weight excluding hydrogens is 430 g/mol. The maximum absolute atomic E-state index is 13.7. The van der Waals surface area contributed by atoms with Gasteiger partial charge in [-0.3, -0.25) is 9.59 Å². The topological polar surface area (TPSA) is 87.7 Å². The molecule has 1 atom stereocenters. The lowest BCUT2D eigenvalue weighted by Gasteiger charge is -2.32. The molecule has 2 aromatic rings. The summed E-state index contributed by atoms with van der Waals surface area (Å²) in [6, 6.07) is 12.5. The van der Waals surface area contributed by atoms with Gasteiger partial charge in [0.1, 0.15) is 18.2 Å². The van der Waals surface area contributed by atoms with Crippen LogP contribution in [0.3, 0.4) is 0 Å². The molecule has 3 amide bonds. The van der Waals surface area contributed by atoms with Gasteiger partial charge >= 0.3 is 6.09 Å². The van der Waals surface area contributed by atoms with Crippen molar-refractivity contribution in [3.63, 3.8) is 0 Å². The van der Waals surface area contributed by atoms with Crippen molar-refractivity contribution in [1.82, 2.24) is 10.2 Å². The van der Waals surface area contributed by atoms with Crippen LogP contribution in [0, 0.1) is 20.8 Å². The number of anilines is 1. The predicted octanol–water partition coefficient (Wildman–Crippen LogP) is 5.05. The first-order valence-corrected chi connectivity index (χ1v) is 11.6. The van der Waals surface area contributed by atoms with Crippen LogP contribution in [0.5, 0.6) is 0 Å². The summed E-state index contributed by atoms with van der Waals surface area (Å²) < 4.78 is 5.24. The normalized spacial score (nSPS) is 12.0. The second kappa shape index (κ2) is 11.7. The number of para-hydroxylation sites is 1. The van der Waals surface area contributed by atoms with Crippen LogP contribution in [0.15, 0.2) is 42.5 Å². The van der Waals surface area contributed by atoms with E-state index in [1.165, 1.54) is 4.90 Å². The van der Waals surface area contributed by atoms with Crippen molar-refractivity contribution in [1.29, 1.82) is 0 Å². The molecule has 0 fully saturated rings. The predicted molar refractivity (Wildman–Crippen MR) is 135 cm³/mol. The highest BCUT2D eigenvalue weighted by molar-refractivity contribution is 5.99. The fourth-order valence-electron chi connectivity index (χ4n) is 3.75. The Morgan fingerprint density at radius 1 is 0.941 bits per heavy atom. The summed E-state index contributed by atoms with van der Waals surface area (Å²) in [5.74, 6) is -0.664. The van der Waals surface area contributed by atoms with Gasteiger partial charge in [0, 0.05) is 12.2 Å². The lowest BCUT2D eigenvalue weighted by Crippen LogP contribution is -2.47. The Morgan fingerprint density at radius 2 is 1.53 bits per heavy atom. The zero-order valence-electron chi connectivity index (χ0n) is 21.3. The Morgan fingerprint density at radius 3 is 2.09 bits per heavy atom. The number of rotatable bonds is 8. The van der Waals surface area contributed by atoms with Crippen LogP contribution in [-0.4, -0.2) is 41.5 Å². The molecule has 0 aliphatic carbocycles. The molecule has 0 radical (unpaired) electrons. The third kappa shape index (κ3) is 7.33. The molecule has 0 spiro atoms. The van der Waals surface area contributed by atoms with Crippen LogP contribution >= 0.6 is 0 Å². The third-order valence-electron chi connectivity index (χ3n) is 5.34. The number of nitrogens with zero attached hydrogens (tertiary/aromatic N) is 1. The molecule has 0 aromatic heterocycles. The summed E-state index contributed by atoms with van der Waals surface area (Å²) in [5, 5.41) is 5.57. The minimum Gasteiger partial charge on any atom is -0.444 e. The Hall–Kier alpha value is -3.35. The van der Waals surface area contributed by atoms with Gasteiger partial charge in [-0.15, -0.1) is 0 Å². The highest BCUT2D eigenvalue weighted by Gasteiger charge is 2.32. The van der Waals surface area contributed by atoms with E-state index < -0.39 is 17.7 Å². The van der Waals surface area contributed by atoms with Crippen LogP contribution in [0.25, 0.3) is 0 Å². The summed E-state index contributed by atoms with van der Waals surface area (Å²) in [5.41, 5.74) is 3.59. The summed E-state index contributed by atoms with van der Waals surface area (Å²) in [6.07, 6.45) is -0.0261. The number of aryl methyl sites for hydroxylation is 3. The smallest absolute Gasteiger partial charge is 0.408 e. The van der Waals surface area contributed by atoms with E-state index in [2.05, 4.69) is 10.6 Å². The molecule has 2 rings (SSSR count). The molecule has 7 nitrogen and oxygen atoms in total. The maximum Gasteiger partial charge on any atom is 0.408 e. The lowest BCUT2D eigenvalue weighted by molar-refractivity contribution is -0.138. The molecule has 2 N–H and O–H groups in total. The average molecular weight is 468 g/mol. The van der Waals surface area contributed by atoms with Crippen LogP contribution in [0.2, 0.25) is 0 Å². The number of alkyl carbamates (subject to hydrolysis) is 1.